The van der Waals surface area contributed by atoms with Crippen LogP contribution in [0.15, 0.2) is 36.1 Å². The molecule has 0 saturated carbocycles. The number of nitrogens with zero attached hydrogens (tertiary/aromatic N) is 1. The third-order valence-corrected chi connectivity index (χ3v) is 2.53. The Labute approximate surface area is 137 Å². The molecule has 0 aliphatic carbocycles. The predicted octanol–water partition coefficient (Wildman–Crippen LogP) is 1.76. The van der Waals surface area contributed by atoms with Crippen LogP contribution in [-0.2, 0) is 23.8 Å². The summed E-state index contributed by atoms with van der Waals surface area (Å²) in [7, 11) is 0. The largest absolute Gasteiger partial charge is 0.463 e. The fraction of sp³-hybridized carbons (Fsp3) is 0.267. The van der Waals surface area contributed by atoms with Crippen molar-refractivity contribution in [2.75, 3.05) is 13.2 Å². The number of carbonyl (C=O) groups excluding carboxylic acids is 3. The molecule has 128 valence electrons. The molecule has 0 radical (unpaired) electrons. The van der Waals surface area contributed by atoms with Crippen molar-refractivity contribution in [3.05, 3.63) is 51.8 Å². The highest BCUT2D eigenvalue weighted by molar-refractivity contribution is 5.99. The van der Waals surface area contributed by atoms with Gasteiger partial charge in [-0.2, -0.15) is 0 Å². The molecular weight excluding hydrogens is 322 g/mol. The average molecular weight is 337 g/mol. The molecule has 0 aliphatic rings. The van der Waals surface area contributed by atoms with Gasteiger partial charge < -0.3 is 14.2 Å². The summed E-state index contributed by atoms with van der Waals surface area (Å²) >= 11 is 0. The molecule has 9 heteroatoms. The summed E-state index contributed by atoms with van der Waals surface area (Å²) in [4.78, 5) is 45.1. The number of ether oxygens (including phenoxy) is 3. The maximum atomic E-state index is 12.0. The number of nitro benzene ring substituents is 1. The number of non-ortho nitro benzene ring substituents is 1. The minimum Gasteiger partial charge on any atom is -0.463 e. The Hall–Kier alpha value is -3.23. The molecule has 9 nitrogen and oxygen atoms in total. The number of benzene rings is 1. The molecule has 1 aromatic carbocycles. The Kier molecular flexibility index (Phi) is 7.08. The van der Waals surface area contributed by atoms with Gasteiger partial charge in [0.05, 0.1) is 29.8 Å². The van der Waals surface area contributed by atoms with Crippen molar-refractivity contribution in [1.29, 1.82) is 0 Å². The number of esters is 3. The molecule has 0 unspecified atom stereocenters. The normalized spacial score (nSPS) is 10.7. The van der Waals surface area contributed by atoms with Crippen molar-refractivity contribution in [3.8, 4) is 0 Å². The smallest absolute Gasteiger partial charge is 0.374 e. The van der Waals surface area contributed by atoms with Gasteiger partial charge in [0.2, 0.25) is 5.76 Å². The second kappa shape index (κ2) is 9.03. The lowest BCUT2D eigenvalue weighted by molar-refractivity contribution is -0.384. The van der Waals surface area contributed by atoms with E-state index in [-0.39, 0.29) is 24.5 Å². The quantitative estimate of drug-likeness (QED) is 0.184. The van der Waals surface area contributed by atoms with Crippen molar-refractivity contribution in [2.45, 2.75) is 13.8 Å². The van der Waals surface area contributed by atoms with Crippen LogP contribution in [0.1, 0.15) is 24.2 Å². The molecule has 1 aromatic rings. The van der Waals surface area contributed by atoms with Crippen molar-refractivity contribution >= 4 is 23.6 Å². The second-order valence-electron chi connectivity index (χ2n) is 4.17. The summed E-state index contributed by atoms with van der Waals surface area (Å²) in [6.45, 7) is 3.19. The van der Waals surface area contributed by atoms with Gasteiger partial charge >= 0.3 is 17.9 Å². The van der Waals surface area contributed by atoms with Crippen molar-refractivity contribution in [3.63, 3.8) is 0 Å². The van der Waals surface area contributed by atoms with Crippen LogP contribution in [0.5, 0.6) is 0 Å². The zero-order chi connectivity index (χ0) is 18.1. The molecule has 24 heavy (non-hydrogen) atoms. The van der Waals surface area contributed by atoms with E-state index in [2.05, 4.69) is 9.47 Å². The second-order valence-corrected chi connectivity index (χ2v) is 4.17. The van der Waals surface area contributed by atoms with Crippen LogP contribution in [0.25, 0.3) is 0 Å². The Morgan fingerprint density at radius 3 is 2.17 bits per heavy atom. The standard InChI is InChI=1S/C15H15NO8/c1-3-22-13(17)9-12(15(19)23-4-2)24-14(18)10-5-7-11(8-6-10)16(20)21/h5-9H,3-4H2,1-2H3/b12-9+. The number of hydrogen-bond donors (Lipinski definition) is 0. The van der Waals surface area contributed by atoms with E-state index in [1.54, 1.807) is 6.92 Å². The molecule has 0 heterocycles. The molecule has 0 N–H and O–H groups in total. The summed E-state index contributed by atoms with van der Waals surface area (Å²) in [5.41, 5.74) is -0.251. The highest BCUT2D eigenvalue weighted by atomic mass is 16.6. The molecular formula is C15H15NO8. The fourth-order valence-corrected chi connectivity index (χ4v) is 1.50. The summed E-state index contributed by atoms with van der Waals surface area (Å²) < 4.78 is 14.2. The van der Waals surface area contributed by atoms with E-state index in [0.29, 0.717) is 6.08 Å². The van der Waals surface area contributed by atoms with Crippen LogP contribution in [0.3, 0.4) is 0 Å². The van der Waals surface area contributed by atoms with E-state index in [4.69, 9.17) is 4.74 Å². The molecule has 0 aromatic heterocycles. The van der Waals surface area contributed by atoms with E-state index in [1.807, 2.05) is 0 Å². The fourth-order valence-electron chi connectivity index (χ4n) is 1.50. The van der Waals surface area contributed by atoms with E-state index in [9.17, 15) is 24.5 Å². The Bertz CT molecular complexity index is 663. The molecule has 0 saturated heterocycles. The van der Waals surface area contributed by atoms with E-state index >= 15 is 0 Å². The van der Waals surface area contributed by atoms with Gasteiger partial charge in [-0.15, -0.1) is 0 Å². The molecule has 0 spiro atoms. The van der Waals surface area contributed by atoms with Crippen molar-refractivity contribution in [2.24, 2.45) is 0 Å². The lowest BCUT2D eigenvalue weighted by Gasteiger charge is -2.08. The van der Waals surface area contributed by atoms with Gasteiger partial charge in [0.15, 0.2) is 0 Å². The highest BCUT2D eigenvalue weighted by Crippen LogP contribution is 2.14. The average Bonchev–Trinajstić information content (AvgIpc) is 2.54. The third kappa shape index (κ3) is 5.52. The van der Waals surface area contributed by atoms with Crippen LogP contribution in [0.2, 0.25) is 0 Å². The van der Waals surface area contributed by atoms with Gasteiger partial charge in [-0.25, -0.2) is 14.4 Å². The van der Waals surface area contributed by atoms with Gasteiger partial charge in [0, 0.05) is 12.1 Å². The van der Waals surface area contributed by atoms with Gasteiger partial charge in [0.1, 0.15) is 0 Å². The SMILES string of the molecule is CCOC(=O)/C=C(/OC(=O)c1ccc([N+](=O)[O-])cc1)C(=O)OCC. The maximum Gasteiger partial charge on any atom is 0.374 e. The van der Waals surface area contributed by atoms with Crippen LogP contribution >= 0.6 is 0 Å². The van der Waals surface area contributed by atoms with E-state index in [0.717, 1.165) is 24.3 Å². The van der Waals surface area contributed by atoms with E-state index in [1.165, 1.54) is 6.92 Å². The predicted molar refractivity (Wildman–Crippen MR) is 79.9 cm³/mol. The summed E-state index contributed by atoms with van der Waals surface area (Å²) in [5, 5.41) is 10.6. The molecule has 1 rings (SSSR count). The van der Waals surface area contributed by atoms with Crippen LogP contribution in [0.4, 0.5) is 5.69 Å². The molecule has 0 amide bonds. The van der Waals surface area contributed by atoms with E-state index < -0.39 is 28.6 Å². The zero-order valence-corrected chi connectivity index (χ0v) is 13.0. The first-order valence-electron chi connectivity index (χ1n) is 6.91. The Balaban J connectivity index is 2.96. The molecule has 0 atom stereocenters. The maximum absolute atomic E-state index is 12.0. The van der Waals surface area contributed by atoms with Gasteiger partial charge in [-0.05, 0) is 26.0 Å². The van der Waals surface area contributed by atoms with Crippen molar-refractivity contribution < 1.29 is 33.5 Å². The number of rotatable bonds is 7. The number of nitro groups is 1. The van der Waals surface area contributed by atoms with Crippen molar-refractivity contribution in [1.82, 2.24) is 0 Å². The lowest BCUT2D eigenvalue weighted by Crippen LogP contribution is -2.17. The minimum atomic E-state index is -1.01. The van der Waals surface area contributed by atoms with Crippen LogP contribution in [0, 0.1) is 10.1 Å². The first-order valence-corrected chi connectivity index (χ1v) is 6.91. The van der Waals surface area contributed by atoms with Gasteiger partial charge in [-0.3, -0.25) is 10.1 Å². The Morgan fingerprint density at radius 2 is 1.67 bits per heavy atom. The Morgan fingerprint density at radius 1 is 1.08 bits per heavy atom. The first kappa shape index (κ1) is 18.8. The topological polar surface area (TPSA) is 122 Å². The van der Waals surface area contributed by atoms with Gasteiger partial charge in [-0.1, -0.05) is 0 Å². The van der Waals surface area contributed by atoms with Gasteiger partial charge in [0.25, 0.3) is 5.69 Å². The third-order valence-electron chi connectivity index (χ3n) is 2.53. The summed E-state index contributed by atoms with van der Waals surface area (Å²) in [5.74, 6) is -3.51. The monoisotopic (exact) mass is 337 g/mol. The molecule has 0 aliphatic heterocycles. The minimum absolute atomic E-state index is 0.00802. The molecule has 0 fully saturated rings. The number of carbonyl (C=O) groups is 3. The summed E-state index contributed by atoms with van der Waals surface area (Å²) in [6, 6.07) is 4.53. The first-order chi connectivity index (χ1) is 11.4. The highest BCUT2D eigenvalue weighted by Gasteiger charge is 2.20. The molecule has 0 bridgehead atoms. The van der Waals surface area contributed by atoms with Crippen LogP contribution < -0.4 is 0 Å². The number of hydrogen-bond acceptors (Lipinski definition) is 8. The summed E-state index contributed by atoms with van der Waals surface area (Å²) in [6.07, 6.45) is 0.699. The van der Waals surface area contributed by atoms with Crippen LogP contribution in [-0.4, -0.2) is 36.0 Å². The zero-order valence-electron chi connectivity index (χ0n) is 13.0. The lowest BCUT2D eigenvalue weighted by atomic mass is 10.2.